The van der Waals surface area contributed by atoms with Gasteiger partial charge in [0.05, 0.1) is 0 Å². The van der Waals surface area contributed by atoms with Crippen LogP contribution in [0.2, 0.25) is 0 Å². The predicted molar refractivity (Wildman–Crippen MR) is 72.2 cm³/mol. The Balaban J connectivity index is 2.42. The topological polar surface area (TPSA) is 52.6 Å². The lowest BCUT2D eigenvalue weighted by Crippen LogP contribution is -2.28. The molecule has 1 aromatic rings. The van der Waals surface area contributed by atoms with Gasteiger partial charge in [0, 0.05) is 24.3 Å². The van der Waals surface area contributed by atoms with Crippen molar-refractivity contribution in [1.82, 2.24) is 0 Å². The van der Waals surface area contributed by atoms with Gasteiger partial charge >= 0.3 is 7.60 Å². The second-order valence-corrected chi connectivity index (χ2v) is 7.47. The highest BCUT2D eigenvalue weighted by molar-refractivity contribution is 9.10. The van der Waals surface area contributed by atoms with Gasteiger partial charge in [0.25, 0.3) is 0 Å². The first-order chi connectivity index (χ1) is 8.51. The smallest absolute Gasteiger partial charge is 0.311 e. The highest BCUT2D eigenvalue weighted by Crippen LogP contribution is 2.55. The standard InChI is InChI=1S/C12H14BrO4P/c1-16-18(15,17-2)11-6-4-8-3-5-9(13)7-10(8)12(11)14/h3,5,7,11H,4,6H2,1-2H3. The minimum atomic E-state index is -3.35. The Morgan fingerprint density at radius 2 is 2.00 bits per heavy atom. The van der Waals surface area contributed by atoms with Gasteiger partial charge in [0.1, 0.15) is 5.66 Å². The molecule has 0 N–H and O–H groups in total. The Morgan fingerprint density at radius 3 is 2.61 bits per heavy atom. The summed E-state index contributed by atoms with van der Waals surface area (Å²) < 4.78 is 23.1. The van der Waals surface area contributed by atoms with Crippen LogP contribution in [0.1, 0.15) is 22.3 Å². The maximum atomic E-state index is 12.4. The number of halogens is 1. The van der Waals surface area contributed by atoms with Crippen molar-refractivity contribution in [2.45, 2.75) is 18.5 Å². The molecule has 0 aliphatic heterocycles. The molecule has 1 unspecified atom stereocenters. The zero-order valence-corrected chi connectivity index (χ0v) is 12.7. The van der Waals surface area contributed by atoms with Gasteiger partial charge in [-0.1, -0.05) is 22.0 Å². The number of Topliss-reactive ketones (excluding diaryl/α,β-unsaturated/α-hetero) is 1. The summed E-state index contributed by atoms with van der Waals surface area (Å²) in [5, 5.41) is 0. The van der Waals surface area contributed by atoms with Crippen molar-refractivity contribution < 1.29 is 18.4 Å². The van der Waals surface area contributed by atoms with E-state index < -0.39 is 13.3 Å². The first-order valence-electron chi connectivity index (χ1n) is 5.55. The normalized spacial score (nSPS) is 19.7. The second-order valence-electron chi connectivity index (χ2n) is 4.13. The van der Waals surface area contributed by atoms with Crippen LogP contribution in [-0.4, -0.2) is 25.7 Å². The number of hydrogen-bond acceptors (Lipinski definition) is 4. The van der Waals surface area contributed by atoms with E-state index in [0.29, 0.717) is 18.4 Å². The maximum absolute atomic E-state index is 12.4. The predicted octanol–water partition coefficient (Wildman–Crippen LogP) is 3.43. The summed E-state index contributed by atoms with van der Waals surface area (Å²) in [5.74, 6) is -0.162. The Kier molecular flexibility index (Phi) is 4.07. The second kappa shape index (κ2) is 5.25. The molecule has 4 nitrogen and oxygen atoms in total. The number of carbonyl (C=O) groups is 1. The molecule has 0 saturated heterocycles. The molecule has 1 atom stereocenters. The third kappa shape index (κ3) is 2.32. The molecule has 0 radical (unpaired) electrons. The van der Waals surface area contributed by atoms with Crippen LogP contribution >= 0.6 is 23.5 Å². The lowest BCUT2D eigenvalue weighted by Gasteiger charge is -2.27. The van der Waals surface area contributed by atoms with E-state index in [1.807, 2.05) is 12.1 Å². The summed E-state index contributed by atoms with van der Waals surface area (Å²) in [6.07, 6.45) is 1.20. The largest absolute Gasteiger partial charge is 0.340 e. The zero-order chi connectivity index (χ0) is 13.3. The molecule has 0 spiro atoms. The molecule has 1 aliphatic carbocycles. The van der Waals surface area contributed by atoms with E-state index in [9.17, 15) is 9.36 Å². The summed E-state index contributed by atoms with van der Waals surface area (Å²) >= 11 is 3.34. The molecule has 0 amide bonds. The van der Waals surface area contributed by atoms with E-state index in [0.717, 1.165) is 10.0 Å². The van der Waals surface area contributed by atoms with Gasteiger partial charge in [0.15, 0.2) is 5.78 Å². The molecule has 0 aromatic heterocycles. The van der Waals surface area contributed by atoms with Crippen molar-refractivity contribution in [3.63, 3.8) is 0 Å². The molecule has 0 heterocycles. The minimum Gasteiger partial charge on any atom is -0.311 e. The van der Waals surface area contributed by atoms with Crippen LogP contribution in [-0.2, 0) is 20.0 Å². The molecule has 1 aliphatic rings. The monoisotopic (exact) mass is 332 g/mol. The average Bonchev–Trinajstić information content (AvgIpc) is 2.39. The number of aryl methyl sites for hydroxylation is 1. The van der Waals surface area contributed by atoms with E-state index in [4.69, 9.17) is 9.05 Å². The average molecular weight is 333 g/mol. The first-order valence-corrected chi connectivity index (χ1v) is 7.96. The van der Waals surface area contributed by atoms with Crippen LogP contribution in [0.15, 0.2) is 22.7 Å². The van der Waals surface area contributed by atoms with Crippen LogP contribution in [0.4, 0.5) is 0 Å². The third-order valence-corrected chi connectivity index (χ3v) is 5.99. The fraction of sp³-hybridized carbons (Fsp3) is 0.417. The minimum absolute atomic E-state index is 0.162. The van der Waals surface area contributed by atoms with Crippen molar-refractivity contribution >= 4 is 29.3 Å². The number of benzene rings is 1. The fourth-order valence-corrected chi connectivity index (χ4v) is 4.12. The van der Waals surface area contributed by atoms with Crippen LogP contribution in [0, 0.1) is 0 Å². The number of ketones is 1. The summed E-state index contributed by atoms with van der Waals surface area (Å²) in [7, 11) is -0.721. The Labute approximate surface area is 114 Å². The van der Waals surface area contributed by atoms with Crippen LogP contribution in [0.3, 0.4) is 0 Å². The Morgan fingerprint density at radius 1 is 1.33 bits per heavy atom. The molecule has 0 bridgehead atoms. The zero-order valence-electron chi connectivity index (χ0n) is 10.2. The van der Waals surface area contributed by atoms with Gasteiger partial charge in [-0.15, -0.1) is 0 Å². The van der Waals surface area contributed by atoms with Crippen molar-refractivity contribution in [2.24, 2.45) is 0 Å². The first kappa shape index (κ1) is 13.9. The van der Waals surface area contributed by atoms with Crippen molar-refractivity contribution in [2.75, 3.05) is 14.2 Å². The van der Waals surface area contributed by atoms with E-state index in [2.05, 4.69) is 15.9 Å². The summed E-state index contributed by atoms with van der Waals surface area (Å²) in [6.45, 7) is 0. The van der Waals surface area contributed by atoms with E-state index in [-0.39, 0.29) is 5.78 Å². The van der Waals surface area contributed by atoms with Gasteiger partial charge < -0.3 is 9.05 Å². The number of rotatable bonds is 3. The lowest BCUT2D eigenvalue weighted by molar-refractivity contribution is 0.0961. The van der Waals surface area contributed by atoms with Crippen LogP contribution < -0.4 is 0 Å². The Hall–Kier alpha value is -0.480. The quantitative estimate of drug-likeness (QED) is 0.796. The van der Waals surface area contributed by atoms with Gasteiger partial charge in [-0.2, -0.15) is 0 Å². The summed E-state index contributed by atoms with van der Waals surface area (Å²) in [5.41, 5.74) is 0.891. The van der Waals surface area contributed by atoms with Crippen LogP contribution in [0.5, 0.6) is 0 Å². The van der Waals surface area contributed by atoms with E-state index in [1.54, 1.807) is 6.07 Å². The number of carbonyl (C=O) groups excluding carboxylic acids is 1. The molecule has 0 saturated carbocycles. The molecule has 98 valence electrons. The summed E-state index contributed by atoms with van der Waals surface area (Å²) in [4.78, 5) is 12.4. The van der Waals surface area contributed by atoms with Crippen molar-refractivity contribution in [1.29, 1.82) is 0 Å². The lowest BCUT2D eigenvalue weighted by atomic mass is 9.90. The molecule has 2 rings (SSSR count). The molecular weight excluding hydrogens is 319 g/mol. The molecule has 18 heavy (non-hydrogen) atoms. The molecular formula is C12H14BrO4P. The molecule has 6 heteroatoms. The Bertz CT molecular complexity index is 521. The SMILES string of the molecule is COP(=O)(OC)C1CCc2ccc(Br)cc2C1=O. The highest BCUT2D eigenvalue weighted by atomic mass is 79.9. The van der Waals surface area contributed by atoms with E-state index >= 15 is 0 Å². The summed E-state index contributed by atoms with van der Waals surface area (Å²) in [6, 6.07) is 5.58. The molecule has 1 aromatic carbocycles. The number of fused-ring (bicyclic) bond motifs is 1. The van der Waals surface area contributed by atoms with Crippen LogP contribution in [0.25, 0.3) is 0 Å². The highest BCUT2D eigenvalue weighted by Gasteiger charge is 2.42. The van der Waals surface area contributed by atoms with Crippen molar-refractivity contribution in [3.05, 3.63) is 33.8 Å². The third-order valence-electron chi connectivity index (χ3n) is 3.22. The van der Waals surface area contributed by atoms with Crippen molar-refractivity contribution in [3.8, 4) is 0 Å². The molecule has 0 fully saturated rings. The maximum Gasteiger partial charge on any atom is 0.340 e. The van der Waals surface area contributed by atoms with Gasteiger partial charge in [0.2, 0.25) is 0 Å². The number of hydrogen-bond donors (Lipinski definition) is 0. The van der Waals surface area contributed by atoms with Gasteiger partial charge in [-0.3, -0.25) is 9.36 Å². The van der Waals surface area contributed by atoms with Gasteiger partial charge in [-0.05, 0) is 30.5 Å². The van der Waals surface area contributed by atoms with E-state index in [1.165, 1.54) is 14.2 Å². The fourth-order valence-electron chi connectivity index (χ4n) is 2.23. The van der Waals surface area contributed by atoms with Gasteiger partial charge in [-0.25, -0.2) is 0 Å².